The average molecular weight is 424 g/mol. The van der Waals surface area contributed by atoms with Crippen molar-refractivity contribution in [3.05, 3.63) is 66.6 Å². The molecule has 0 aliphatic rings. The van der Waals surface area contributed by atoms with Crippen LogP contribution in [0.4, 0.5) is 0 Å². The van der Waals surface area contributed by atoms with Crippen LogP contribution in [0.25, 0.3) is 55.0 Å². The molecule has 2 N–H and O–H groups in total. The maximum absolute atomic E-state index is 5.30. The molecule has 0 bridgehead atoms. The molecule has 0 fully saturated rings. The van der Waals surface area contributed by atoms with Gasteiger partial charge in [-0.15, -0.1) is 11.3 Å². The van der Waals surface area contributed by atoms with Gasteiger partial charge in [-0.2, -0.15) is 5.10 Å². The number of rotatable bonds is 4. The van der Waals surface area contributed by atoms with Gasteiger partial charge < -0.3 is 9.72 Å². The summed E-state index contributed by atoms with van der Waals surface area (Å²) in [5.74, 6) is 0.691. The number of nitrogens with zero attached hydrogens (tertiary/aromatic N) is 4. The lowest BCUT2D eigenvalue weighted by molar-refractivity contribution is 0.413. The summed E-state index contributed by atoms with van der Waals surface area (Å²) >= 11 is 1.68. The predicted molar refractivity (Wildman–Crippen MR) is 122 cm³/mol. The number of hydrogen-bond donors (Lipinski definition) is 2. The van der Waals surface area contributed by atoms with E-state index in [1.165, 1.54) is 0 Å². The number of methoxy groups -OCH3 is 1. The molecule has 150 valence electrons. The van der Waals surface area contributed by atoms with Crippen LogP contribution >= 0.6 is 11.3 Å². The summed E-state index contributed by atoms with van der Waals surface area (Å²) in [5, 5.41) is 11.8. The molecule has 0 aromatic carbocycles. The molecule has 8 heteroatoms. The Labute approximate surface area is 180 Å². The molecule has 6 aromatic rings. The van der Waals surface area contributed by atoms with Crippen molar-refractivity contribution in [1.29, 1.82) is 0 Å². The Balaban J connectivity index is 1.50. The number of pyridine rings is 3. The number of fused-ring (bicyclic) bond motifs is 2. The van der Waals surface area contributed by atoms with E-state index in [4.69, 9.17) is 4.74 Å². The summed E-state index contributed by atoms with van der Waals surface area (Å²) in [6, 6.07) is 12.2. The van der Waals surface area contributed by atoms with E-state index in [0.717, 1.165) is 55.0 Å². The van der Waals surface area contributed by atoms with Gasteiger partial charge in [-0.25, -0.2) is 0 Å². The highest BCUT2D eigenvalue weighted by Gasteiger charge is 2.15. The minimum absolute atomic E-state index is 0.691. The molecule has 0 spiro atoms. The molecule has 0 atom stereocenters. The van der Waals surface area contributed by atoms with Crippen LogP contribution in [-0.4, -0.2) is 37.2 Å². The van der Waals surface area contributed by atoms with Gasteiger partial charge in [0.15, 0.2) is 0 Å². The van der Waals surface area contributed by atoms with Gasteiger partial charge in [0.05, 0.1) is 47.0 Å². The van der Waals surface area contributed by atoms with Crippen LogP contribution in [-0.2, 0) is 0 Å². The van der Waals surface area contributed by atoms with Crippen molar-refractivity contribution in [3.63, 3.8) is 0 Å². The largest absolute Gasteiger partial charge is 0.495 e. The first-order valence-corrected chi connectivity index (χ1v) is 10.5. The van der Waals surface area contributed by atoms with E-state index >= 15 is 0 Å². The van der Waals surface area contributed by atoms with Crippen molar-refractivity contribution in [2.75, 3.05) is 7.11 Å². The molecule has 0 aliphatic heterocycles. The van der Waals surface area contributed by atoms with E-state index in [2.05, 4.69) is 47.6 Å². The minimum Gasteiger partial charge on any atom is -0.495 e. The summed E-state index contributed by atoms with van der Waals surface area (Å²) in [4.78, 5) is 18.1. The predicted octanol–water partition coefficient (Wildman–Crippen LogP) is 5.30. The Morgan fingerprint density at radius 2 is 1.87 bits per heavy atom. The van der Waals surface area contributed by atoms with Crippen LogP contribution in [0.1, 0.15) is 0 Å². The van der Waals surface area contributed by atoms with Crippen molar-refractivity contribution in [2.45, 2.75) is 0 Å². The Hall–Kier alpha value is -4.04. The average Bonchev–Trinajstić information content (AvgIpc) is 3.57. The Morgan fingerprint density at radius 3 is 2.74 bits per heavy atom. The second-order valence-corrected chi connectivity index (χ2v) is 8.03. The number of aromatic amines is 2. The maximum atomic E-state index is 5.30. The first-order chi connectivity index (χ1) is 15.3. The van der Waals surface area contributed by atoms with Crippen LogP contribution in [0.2, 0.25) is 0 Å². The highest BCUT2D eigenvalue weighted by atomic mass is 32.1. The van der Waals surface area contributed by atoms with Gasteiger partial charge in [0.1, 0.15) is 11.4 Å². The van der Waals surface area contributed by atoms with Crippen molar-refractivity contribution in [2.24, 2.45) is 0 Å². The lowest BCUT2D eigenvalue weighted by Crippen LogP contribution is -1.88. The fourth-order valence-electron chi connectivity index (χ4n) is 3.74. The number of nitrogens with one attached hydrogen (secondary N) is 2. The van der Waals surface area contributed by atoms with Gasteiger partial charge >= 0.3 is 0 Å². The third-order valence-corrected chi connectivity index (χ3v) is 6.13. The first kappa shape index (κ1) is 17.8. The molecule has 0 amide bonds. The molecule has 0 unspecified atom stereocenters. The zero-order valence-electron chi connectivity index (χ0n) is 16.5. The van der Waals surface area contributed by atoms with Gasteiger partial charge in [-0.3, -0.25) is 20.1 Å². The molecular weight excluding hydrogens is 408 g/mol. The van der Waals surface area contributed by atoms with Crippen molar-refractivity contribution in [1.82, 2.24) is 30.1 Å². The lowest BCUT2D eigenvalue weighted by atomic mass is 10.1. The molecule has 0 aliphatic carbocycles. The fraction of sp³-hybridized carbons (Fsp3) is 0.0435. The monoisotopic (exact) mass is 424 g/mol. The summed E-state index contributed by atoms with van der Waals surface area (Å²) in [6.45, 7) is 0. The Morgan fingerprint density at radius 1 is 0.935 bits per heavy atom. The molecule has 31 heavy (non-hydrogen) atoms. The number of aromatic nitrogens is 6. The molecule has 0 saturated carbocycles. The molecule has 0 saturated heterocycles. The number of hydrogen-bond acceptors (Lipinski definition) is 6. The number of H-pyrrole nitrogens is 2. The molecular formula is C23H16N6OS. The topological polar surface area (TPSA) is 92.4 Å². The third kappa shape index (κ3) is 2.96. The first-order valence-electron chi connectivity index (χ1n) is 9.65. The second-order valence-electron chi connectivity index (χ2n) is 7.08. The van der Waals surface area contributed by atoms with Gasteiger partial charge in [-0.1, -0.05) is 6.07 Å². The van der Waals surface area contributed by atoms with E-state index in [0.29, 0.717) is 5.75 Å². The summed E-state index contributed by atoms with van der Waals surface area (Å²) in [7, 11) is 1.63. The van der Waals surface area contributed by atoms with Gasteiger partial charge in [0.2, 0.25) is 0 Å². The molecule has 6 heterocycles. The number of thiophene rings is 1. The van der Waals surface area contributed by atoms with Crippen LogP contribution in [0.15, 0.2) is 66.6 Å². The standard InChI is InChI=1S/C23H16N6OS/c1-30-14-7-13(10-24-11-14)18-8-16-20(12-26-18)28-29-22(16)19-9-15-17(27-19)4-5-25-23(15)21-3-2-6-31-21/h2-12,27H,1H3,(H,28,29). The lowest BCUT2D eigenvalue weighted by Gasteiger charge is -2.04. The molecule has 7 nitrogen and oxygen atoms in total. The Kier molecular flexibility index (Phi) is 4.03. The fourth-order valence-corrected chi connectivity index (χ4v) is 4.48. The van der Waals surface area contributed by atoms with Crippen LogP contribution in [0, 0.1) is 0 Å². The normalized spacial score (nSPS) is 11.4. The maximum Gasteiger partial charge on any atom is 0.137 e. The van der Waals surface area contributed by atoms with Gasteiger partial charge in [0, 0.05) is 34.2 Å². The van der Waals surface area contributed by atoms with E-state index < -0.39 is 0 Å². The van der Waals surface area contributed by atoms with E-state index in [1.807, 2.05) is 30.5 Å². The second kappa shape index (κ2) is 7.03. The molecule has 6 aromatic heterocycles. The minimum atomic E-state index is 0.691. The highest BCUT2D eigenvalue weighted by Crippen LogP contribution is 2.35. The SMILES string of the molecule is COc1cncc(-c2cc3c(-c4cc5c(-c6cccs6)nccc5[nH]4)n[nH]c3cn2)c1. The van der Waals surface area contributed by atoms with Crippen molar-refractivity contribution >= 4 is 33.1 Å². The van der Waals surface area contributed by atoms with Crippen LogP contribution in [0.3, 0.4) is 0 Å². The zero-order chi connectivity index (χ0) is 20.8. The van der Waals surface area contributed by atoms with Crippen molar-refractivity contribution < 1.29 is 4.74 Å². The quantitative estimate of drug-likeness (QED) is 0.401. The van der Waals surface area contributed by atoms with Crippen LogP contribution in [0.5, 0.6) is 5.75 Å². The van der Waals surface area contributed by atoms with Crippen molar-refractivity contribution in [3.8, 4) is 39.0 Å². The summed E-state index contributed by atoms with van der Waals surface area (Å²) in [5.41, 5.74) is 6.31. The van der Waals surface area contributed by atoms with E-state index in [1.54, 1.807) is 37.0 Å². The van der Waals surface area contributed by atoms with E-state index in [-0.39, 0.29) is 0 Å². The molecule has 0 radical (unpaired) electrons. The Bertz CT molecular complexity index is 1530. The van der Waals surface area contributed by atoms with Gasteiger partial charge in [0.25, 0.3) is 0 Å². The molecule has 6 rings (SSSR count). The van der Waals surface area contributed by atoms with E-state index in [9.17, 15) is 0 Å². The zero-order valence-corrected chi connectivity index (χ0v) is 17.3. The van der Waals surface area contributed by atoms with Gasteiger partial charge in [-0.05, 0) is 35.7 Å². The number of ether oxygens (including phenoxy) is 1. The third-order valence-electron chi connectivity index (χ3n) is 5.25. The summed E-state index contributed by atoms with van der Waals surface area (Å²) in [6.07, 6.45) is 7.08. The highest BCUT2D eigenvalue weighted by molar-refractivity contribution is 7.13. The smallest absolute Gasteiger partial charge is 0.137 e. The summed E-state index contributed by atoms with van der Waals surface area (Å²) < 4.78 is 5.30. The van der Waals surface area contributed by atoms with Crippen LogP contribution < -0.4 is 4.74 Å².